The summed E-state index contributed by atoms with van der Waals surface area (Å²) >= 11 is 1.49. The van der Waals surface area contributed by atoms with E-state index in [1.54, 1.807) is 7.11 Å². The Hall–Kier alpha value is 0.310. The Morgan fingerprint density at radius 1 is 1.29 bits per heavy atom. The molecule has 0 amide bonds. The van der Waals surface area contributed by atoms with E-state index >= 15 is 0 Å². The summed E-state index contributed by atoms with van der Waals surface area (Å²) in [5.41, 5.74) is 0. The zero-order valence-electron chi connectivity index (χ0n) is 5.32. The molecule has 1 nitrogen and oxygen atoms in total. The molecule has 0 N–H and O–H groups in total. The van der Waals surface area contributed by atoms with Gasteiger partial charge in [-0.25, -0.2) is 0 Å². The molecular formula is C5H12OS. The van der Waals surface area contributed by atoms with Gasteiger partial charge < -0.3 is 4.18 Å². The highest BCUT2D eigenvalue weighted by atomic mass is 32.2. The van der Waals surface area contributed by atoms with Crippen LogP contribution in [0.2, 0.25) is 0 Å². The first kappa shape index (κ1) is 7.31. The summed E-state index contributed by atoms with van der Waals surface area (Å²) in [5, 5.41) is 0. The molecule has 0 radical (unpaired) electrons. The maximum Gasteiger partial charge on any atom is 0.0503 e. The first-order valence-corrected chi connectivity index (χ1v) is 3.02. The third-order valence-corrected chi connectivity index (χ3v) is 1.00. The molecule has 0 unspecified atom stereocenters. The molecule has 0 atom stereocenters. The monoisotopic (exact) mass is 120 g/mol. The topological polar surface area (TPSA) is 9.23 Å². The Morgan fingerprint density at radius 3 is 1.71 bits per heavy atom. The van der Waals surface area contributed by atoms with Crippen molar-refractivity contribution in [2.45, 2.75) is 25.5 Å². The van der Waals surface area contributed by atoms with Gasteiger partial charge in [-0.1, -0.05) is 0 Å². The Labute approximate surface area is 49.6 Å². The minimum atomic E-state index is 0.245. The molecule has 0 bridgehead atoms. The van der Waals surface area contributed by atoms with Crippen LogP contribution in [0.3, 0.4) is 0 Å². The Morgan fingerprint density at radius 2 is 1.71 bits per heavy atom. The molecule has 0 aliphatic carbocycles. The fourth-order valence-electron chi connectivity index (χ4n) is 0.250. The van der Waals surface area contributed by atoms with Crippen molar-refractivity contribution < 1.29 is 4.18 Å². The minimum Gasteiger partial charge on any atom is -0.318 e. The lowest BCUT2D eigenvalue weighted by atomic mass is 10.3. The van der Waals surface area contributed by atoms with Crippen molar-refractivity contribution in [1.82, 2.24) is 0 Å². The van der Waals surface area contributed by atoms with Crippen LogP contribution in [0.4, 0.5) is 0 Å². The Balaban J connectivity index is 3.15. The fourth-order valence-corrected chi connectivity index (χ4v) is 0.750. The lowest BCUT2D eigenvalue weighted by Crippen LogP contribution is -2.06. The van der Waals surface area contributed by atoms with Crippen molar-refractivity contribution >= 4 is 12.0 Å². The summed E-state index contributed by atoms with van der Waals surface area (Å²) in [5.74, 6) is 0. The molecule has 2 heteroatoms. The molecule has 0 rings (SSSR count). The van der Waals surface area contributed by atoms with Crippen LogP contribution in [0.25, 0.3) is 0 Å². The number of hydrogen-bond donors (Lipinski definition) is 0. The van der Waals surface area contributed by atoms with Gasteiger partial charge in [-0.05, 0) is 32.8 Å². The first-order valence-electron chi connectivity index (χ1n) is 2.28. The summed E-state index contributed by atoms with van der Waals surface area (Å²) in [7, 11) is 1.69. The Bertz CT molecular complexity index is 46.5. The van der Waals surface area contributed by atoms with Crippen molar-refractivity contribution in [3.63, 3.8) is 0 Å². The highest BCUT2D eigenvalue weighted by Crippen LogP contribution is 2.22. The van der Waals surface area contributed by atoms with Crippen molar-refractivity contribution in [2.75, 3.05) is 7.11 Å². The van der Waals surface area contributed by atoms with E-state index in [4.69, 9.17) is 4.18 Å². The molecule has 0 aromatic carbocycles. The van der Waals surface area contributed by atoms with E-state index in [9.17, 15) is 0 Å². The normalized spacial score (nSPS) is 12.0. The van der Waals surface area contributed by atoms with E-state index in [2.05, 4.69) is 20.8 Å². The summed E-state index contributed by atoms with van der Waals surface area (Å²) in [6.45, 7) is 6.34. The molecule has 44 valence electrons. The van der Waals surface area contributed by atoms with Crippen molar-refractivity contribution in [2.24, 2.45) is 0 Å². The van der Waals surface area contributed by atoms with Gasteiger partial charge in [0.2, 0.25) is 0 Å². The average molecular weight is 120 g/mol. The SMILES string of the molecule is COSC(C)(C)C. The summed E-state index contributed by atoms with van der Waals surface area (Å²) in [6, 6.07) is 0. The van der Waals surface area contributed by atoms with Crippen LogP contribution < -0.4 is 0 Å². The standard InChI is InChI=1S/C5H12OS/c1-5(2,3)7-6-4/h1-4H3. The van der Waals surface area contributed by atoms with Crippen molar-refractivity contribution in [1.29, 1.82) is 0 Å². The fraction of sp³-hybridized carbons (Fsp3) is 1.00. The number of hydrogen-bond acceptors (Lipinski definition) is 2. The lowest BCUT2D eigenvalue weighted by Gasteiger charge is -2.13. The van der Waals surface area contributed by atoms with E-state index in [0.29, 0.717) is 0 Å². The summed E-state index contributed by atoms with van der Waals surface area (Å²) in [4.78, 5) is 0. The average Bonchev–Trinajstić information content (AvgIpc) is 1.30. The molecule has 7 heavy (non-hydrogen) atoms. The molecule has 0 aromatic heterocycles. The quantitative estimate of drug-likeness (QED) is 0.490. The van der Waals surface area contributed by atoms with Gasteiger partial charge in [0.1, 0.15) is 0 Å². The van der Waals surface area contributed by atoms with Crippen LogP contribution in [0.5, 0.6) is 0 Å². The van der Waals surface area contributed by atoms with Crippen LogP contribution in [-0.4, -0.2) is 11.9 Å². The molecule has 0 heterocycles. The second-order valence-corrected chi connectivity index (χ2v) is 4.09. The highest BCUT2D eigenvalue weighted by molar-refractivity contribution is 7.96. The van der Waals surface area contributed by atoms with Gasteiger partial charge in [0.25, 0.3) is 0 Å². The molecular weight excluding hydrogens is 108 g/mol. The molecule has 0 aliphatic heterocycles. The van der Waals surface area contributed by atoms with Crippen LogP contribution in [0, 0.1) is 0 Å². The predicted molar refractivity (Wildman–Crippen MR) is 34.4 cm³/mol. The van der Waals surface area contributed by atoms with Gasteiger partial charge in [0, 0.05) is 4.75 Å². The van der Waals surface area contributed by atoms with Crippen LogP contribution in [0.15, 0.2) is 0 Å². The van der Waals surface area contributed by atoms with Gasteiger partial charge in [-0.2, -0.15) is 0 Å². The minimum absolute atomic E-state index is 0.245. The van der Waals surface area contributed by atoms with E-state index in [0.717, 1.165) is 0 Å². The van der Waals surface area contributed by atoms with Gasteiger partial charge >= 0.3 is 0 Å². The maximum absolute atomic E-state index is 4.82. The molecule has 0 aromatic rings. The summed E-state index contributed by atoms with van der Waals surface area (Å²) in [6.07, 6.45) is 0. The third-order valence-electron chi connectivity index (χ3n) is 0.333. The zero-order chi connectivity index (χ0) is 5.91. The second kappa shape index (κ2) is 2.58. The molecule has 0 saturated carbocycles. The third kappa shape index (κ3) is 6.31. The van der Waals surface area contributed by atoms with E-state index in [-0.39, 0.29) is 4.75 Å². The van der Waals surface area contributed by atoms with Crippen LogP contribution in [0.1, 0.15) is 20.8 Å². The van der Waals surface area contributed by atoms with Gasteiger partial charge in [-0.15, -0.1) is 0 Å². The van der Waals surface area contributed by atoms with Gasteiger partial charge in [-0.3, -0.25) is 0 Å². The Kier molecular flexibility index (Phi) is 2.69. The molecule has 0 fully saturated rings. The molecule has 0 saturated heterocycles. The predicted octanol–water partition coefficient (Wildman–Crippen LogP) is 2.08. The van der Waals surface area contributed by atoms with Gasteiger partial charge in [0.15, 0.2) is 0 Å². The second-order valence-electron chi connectivity index (χ2n) is 2.36. The van der Waals surface area contributed by atoms with Crippen LogP contribution in [-0.2, 0) is 4.18 Å². The molecule has 0 aliphatic rings. The zero-order valence-corrected chi connectivity index (χ0v) is 6.13. The first-order chi connectivity index (χ1) is 3.06. The van der Waals surface area contributed by atoms with E-state index in [1.807, 2.05) is 0 Å². The highest BCUT2D eigenvalue weighted by Gasteiger charge is 2.08. The smallest absolute Gasteiger partial charge is 0.0503 e. The van der Waals surface area contributed by atoms with Crippen LogP contribution >= 0.6 is 12.0 Å². The summed E-state index contributed by atoms with van der Waals surface area (Å²) < 4.78 is 5.07. The van der Waals surface area contributed by atoms with E-state index < -0.39 is 0 Å². The molecule has 0 spiro atoms. The van der Waals surface area contributed by atoms with Crippen molar-refractivity contribution in [3.8, 4) is 0 Å². The van der Waals surface area contributed by atoms with E-state index in [1.165, 1.54) is 12.0 Å². The van der Waals surface area contributed by atoms with Crippen molar-refractivity contribution in [3.05, 3.63) is 0 Å². The maximum atomic E-state index is 4.82. The number of rotatable bonds is 1. The van der Waals surface area contributed by atoms with Gasteiger partial charge in [0.05, 0.1) is 7.11 Å². The largest absolute Gasteiger partial charge is 0.318 e. The lowest BCUT2D eigenvalue weighted by molar-refractivity contribution is 0.475.